The summed E-state index contributed by atoms with van der Waals surface area (Å²) < 4.78 is 58.4. The number of hydrogen-bond acceptors (Lipinski definition) is 6. The smallest absolute Gasteiger partial charge is 0.283 e. The molecule has 230 valence electrons. The quantitative estimate of drug-likeness (QED) is 0.218. The first kappa shape index (κ1) is 30.1. The summed E-state index contributed by atoms with van der Waals surface area (Å²) in [5.41, 5.74) is 0.458. The molecule has 3 aromatic heterocycles. The molecule has 2 bridgehead atoms. The second-order valence-corrected chi connectivity index (χ2v) is 11.1. The van der Waals surface area contributed by atoms with Crippen LogP contribution in [0.25, 0.3) is 28.1 Å². The van der Waals surface area contributed by atoms with E-state index in [2.05, 4.69) is 25.6 Å². The molecule has 0 saturated heterocycles. The fraction of sp³-hybridized carbons (Fsp3) is 0.226. The van der Waals surface area contributed by atoms with E-state index in [1.165, 1.54) is 47.4 Å². The number of anilines is 1. The van der Waals surface area contributed by atoms with E-state index in [0.717, 1.165) is 16.9 Å². The van der Waals surface area contributed by atoms with Crippen LogP contribution >= 0.6 is 11.6 Å². The molecule has 2 atom stereocenters. The zero-order valence-corrected chi connectivity index (χ0v) is 24.3. The Balaban J connectivity index is 1.45. The molecule has 0 spiro atoms. The predicted octanol–water partition coefficient (Wildman–Crippen LogP) is 6.77. The minimum Gasteiger partial charge on any atom is -0.325 e. The van der Waals surface area contributed by atoms with E-state index in [4.69, 9.17) is 11.6 Å². The van der Waals surface area contributed by atoms with Crippen molar-refractivity contribution in [2.24, 2.45) is 5.92 Å². The van der Waals surface area contributed by atoms with Crippen molar-refractivity contribution in [3.05, 3.63) is 106 Å². The zero-order valence-electron chi connectivity index (χ0n) is 23.6. The van der Waals surface area contributed by atoms with Crippen molar-refractivity contribution in [3.63, 3.8) is 0 Å². The highest BCUT2D eigenvalue weighted by atomic mass is 35.5. The maximum atomic E-state index is 15.4. The number of carbonyl (C=O) groups excluding carboxylic acids is 1. The highest BCUT2D eigenvalue weighted by Gasteiger charge is 2.25. The number of carbonyl (C=O) groups is 1. The largest absolute Gasteiger partial charge is 0.325 e. The van der Waals surface area contributed by atoms with Gasteiger partial charge in [0.15, 0.2) is 5.82 Å². The molecule has 0 radical (unpaired) electrons. The number of benzene rings is 2. The van der Waals surface area contributed by atoms with Gasteiger partial charge in [0, 0.05) is 29.4 Å². The van der Waals surface area contributed by atoms with Gasteiger partial charge in [-0.3, -0.25) is 19.1 Å². The lowest BCUT2D eigenvalue weighted by Gasteiger charge is -2.23. The first-order valence-electron chi connectivity index (χ1n) is 13.9. The highest BCUT2D eigenvalue weighted by Crippen LogP contribution is 2.35. The maximum absolute atomic E-state index is 15.4. The second-order valence-electron chi connectivity index (χ2n) is 10.7. The lowest BCUT2D eigenvalue weighted by atomic mass is 9.95. The summed E-state index contributed by atoms with van der Waals surface area (Å²) in [7, 11) is 0. The minimum absolute atomic E-state index is 0.000476. The van der Waals surface area contributed by atoms with Crippen molar-refractivity contribution in [1.82, 2.24) is 29.5 Å². The van der Waals surface area contributed by atoms with E-state index in [-0.39, 0.29) is 33.8 Å². The van der Waals surface area contributed by atoms with Gasteiger partial charge in [0.05, 0.1) is 46.2 Å². The average Bonchev–Trinajstić information content (AvgIpc) is 3.52. The SMILES string of the molecule is CC1CCCC(n2cnc(-c3c(-n4cc(C(F)F)nn4)ccc(Cl)c3F)cc2=O)c2cc(ccn2)-c2cc(F)ccc2NC1=O. The van der Waals surface area contributed by atoms with Gasteiger partial charge in [0.25, 0.3) is 12.0 Å². The van der Waals surface area contributed by atoms with Crippen LogP contribution < -0.4 is 10.9 Å². The van der Waals surface area contributed by atoms with Crippen LogP contribution in [0.15, 0.2) is 72.0 Å². The molecule has 0 aliphatic carbocycles. The summed E-state index contributed by atoms with van der Waals surface area (Å²) in [5, 5.41) is 9.72. The Morgan fingerprint density at radius 2 is 1.84 bits per heavy atom. The monoisotopic (exact) mass is 637 g/mol. The number of nitrogens with zero attached hydrogens (tertiary/aromatic N) is 6. The van der Waals surface area contributed by atoms with Gasteiger partial charge in [0.1, 0.15) is 11.5 Å². The number of nitrogens with one attached hydrogen (secondary N) is 1. The molecule has 1 N–H and O–H groups in total. The van der Waals surface area contributed by atoms with Gasteiger partial charge in [-0.15, -0.1) is 5.10 Å². The standard InChI is InChI=1S/C31H24ClF4N7O2/c1-16-3-2-4-25(22-11-17(9-10-37-22)19-12-18(33)5-7-21(19)39-31(16)45)42-15-38-23(13-27(42)44)28-26(8-6-20(32)29(28)34)43-14-24(30(35)36)40-41-43/h5-16,25,30H,2-4H2,1H3,(H,39,45). The van der Waals surface area contributed by atoms with Crippen LogP contribution in [0.2, 0.25) is 5.02 Å². The van der Waals surface area contributed by atoms with Gasteiger partial charge in [-0.2, -0.15) is 0 Å². The number of fused-ring (bicyclic) bond motifs is 4. The molecule has 5 aromatic rings. The lowest BCUT2D eigenvalue weighted by molar-refractivity contribution is -0.119. The number of amides is 1. The highest BCUT2D eigenvalue weighted by molar-refractivity contribution is 6.31. The molecule has 0 fully saturated rings. The Labute approximate surface area is 258 Å². The maximum Gasteiger partial charge on any atom is 0.283 e. The molecule has 9 nitrogen and oxygen atoms in total. The first-order valence-corrected chi connectivity index (χ1v) is 14.3. The number of hydrogen-bond donors (Lipinski definition) is 1. The van der Waals surface area contributed by atoms with Gasteiger partial charge < -0.3 is 5.32 Å². The molecule has 0 saturated carbocycles. The fourth-order valence-electron chi connectivity index (χ4n) is 5.35. The second kappa shape index (κ2) is 12.2. The summed E-state index contributed by atoms with van der Waals surface area (Å²) in [4.78, 5) is 35.5. The molecule has 6 rings (SSSR count). The number of halogens is 5. The van der Waals surface area contributed by atoms with Crippen molar-refractivity contribution in [2.45, 2.75) is 38.7 Å². The average molecular weight is 638 g/mol. The summed E-state index contributed by atoms with van der Waals surface area (Å²) in [5.74, 6) is -2.01. The van der Waals surface area contributed by atoms with Crippen LogP contribution in [-0.2, 0) is 4.79 Å². The third-order valence-electron chi connectivity index (χ3n) is 7.72. The van der Waals surface area contributed by atoms with Crippen LogP contribution in [0.5, 0.6) is 0 Å². The Morgan fingerprint density at radius 3 is 2.60 bits per heavy atom. The molecule has 1 amide bonds. The predicted molar refractivity (Wildman–Crippen MR) is 158 cm³/mol. The van der Waals surface area contributed by atoms with Crippen molar-refractivity contribution < 1.29 is 22.4 Å². The summed E-state index contributed by atoms with van der Waals surface area (Å²) >= 11 is 6.05. The van der Waals surface area contributed by atoms with Gasteiger partial charge in [-0.05, 0) is 60.9 Å². The minimum atomic E-state index is -2.90. The Morgan fingerprint density at radius 1 is 1.02 bits per heavy atom. The van der Waals surface area contributed by atoms with Crippen LogP contribution in [0, 0.1) is 17.6 Å². The third kappa shape index (κ3) is 5.95. The van der Waals surface area contributed by atoms with Crippen molar-refractivity contribution in [1.29, 1.82) is 0 Å². The van der Waals surface area contributed by atoms with E-state index in [9.17, 15) is 22.8 Å². The molecule has 2 unspecified atom stereocenters. The fourth-order valence-corrected chi connectivity index (χ4v) is 5.50. The number of rotatable bonds is 4. The van der Waals surface area contributed by atoms with Gasteiger partial charge >= 0.3 is 0 Å². The Hall–Kier alpha value is -4.91. The van der Waals surface area contributed by atoms with Crippen molar-refractivity contribution in [2.75, 3.05) is 5.32 Å². The van der Waals surface area contributed by atoms with Crippen LogP contribution in [-0.4, -0.2) is 35.4 Å². The van der Waals surface area contributed by atoms with Crippen LogP contribution in [0.4, 0.5) is 23.2 Å². The molecule has 2 aromatic carbocycles. The summed E-state index contributed by atoms with van der Waals surface area (Å²) in [6.07, 6.45) is 2.28. The van der Waals surface area contributed by atoms with Gasteiger partial charge in [-0.1, -0.05) is 30.2 Å². The van der Waals surface area contributed by atoms with E-state index in [1.54, 1.807) is 19.1 Å². The molecular weight excluding hydrogens is 614 g/mol. The number of aromatic nitrogens is 6. The van der Waals surface area contributed by atoms with Crippen LogP contribution in [0.3, 0.4) is 0 Å². The number of alkyl halides is 2. The van der Waals surface area contributed by atoms with Gasteiger partial charge in [0.2, 0.25) is 5.91 Å². The zero-order chi connectivity index (χ0) is 31.8. The Kier molecular flexibility index (Phi) is 8.19. The van der Waals surface area contributed by atoms with Gasteiger partial charge in [-0.25, -0.2) is 27.2 Å². The van der Waals surface area contributed by atoms with Crippen LogP contribution in [0.1, 0.15) is 50.0 Å². The molecule has 1 aliphatic rings. The first-order chi connectivity index (χ1) is 21.6. The Bertz CT molecular complexity index is 1980. The van der Waals surface area contributed by atoms with E-state index < -0.39 is 35.4 Å². The molecular formula is C31H24ClF4N7O2. The normalized spacial score (nSPS) is 16.9. The van der Waals surface area contributed by atoms with E-state index >= 15 is 4.39 Å². The van der Waals surface area contributed by atoms with Crippen molar-refractivity contribution in [3.8, 4) is 28.1 Å². The molecule has 45 heavy (non-hydrogen) atoms. The number of pyridine rings is 1. The third-order valence-corrected chi connectivity index (χ3v) is 8.01. The molecule has 4 heterocycles. The molecule has 14 heteroatoms. The summed E-state index contributed by atoms with van der Waals surface area (Å²) in [6.45, 7) is 1.79. The van der Waals surface area contributed by atoms with E-state index in [0.29, 0.717) is 41.8 Å². The lowest BCUT2D eigenvalue weighted by Crippen LogP contribution is -2.27. The summed E-state index contributed by atoms with van der Waals surface area (Å²) in [6, 6.07) is 10.6. The van der Waals surface area contributed by atoms with E-state index in [1.807, 2.05) is 0 Å². The molecule has 1 aliphatic heterocycles. The topological polar surface area (TPSA) is 108 Å². The van der Waals surface area contributed by atoms with Crippen molar-refractivity contribution >= 4 is 23.2 Å².